The number of piperazine rings is 1. The molecule has 106 valence electrons. The van der Waals surface area contributed by atoms with Crippen LogP contribution in [0.3, 0.4) is 0 Å². The molecule has 0 amide bonds. The summed E-state index contributed by atoms with van der Waals surface area (Å²) >= 11 is 0. The molecule has 1 saturated heterocycles. The zero-order valence-electron chi connectivity index (χ0n) is 11.0. The van der Waals surface area contributed by atoms with Crippen LogP contribution in [0.25, 0.3) is 0 Å². The minimum atomic E-state index is -3.87. The van der Waals surface area contributed by atoms with Gasteiger partial charge in [0.2, 0.25) is 10.0 Å². The summed E-state index contributed by atoms with van der Waals surface area (Å²) < 4.78 is 40.0. The van der Waals surface area contributed by atoms with Gasteiger partial charge < -0.3 is 10.6 Å². The van der Waals surface area contributed by atoms with Crippen LogP contribution in [0, 0.1) is 5.82 Å². The van der Waals surface area contributed by atoms with Gasteiger partial charge in [0.1, 0.15) is 10.7 Å². The largest absolute Gasteiger partial charge is 0.398 e. The molecule has 7 heteroatoms. The molecule has 2 rings (SSSR count). The molecule has 19 heavy (non-hydrogen) atoms. The quantitative estimate of drug-likeness (QED) is 0.815. The number of halogens is 1. The van der Waals surface area contributed by atoms with Gasteiger partial charge in [-0.3, -0.25) is 0 Å². The summed E-state index contributed by atoms with van der Waals surface area (Å²) in [6.45, 7) is 3.24. The van der Waals surface area contributed by atoms with Crippen molar-refractivity contribution in [1.29, 1.82) is 0 Å². The first-order chi connectivity index (χ1) is 8.84. The van der Waals surface area contributed by atoms with E-state index in [2.05, 4.69) is 4.90 Å². The van der Waals surface area contributed by atoms with Gasteiger partial charge in [-0.15, -0.1) is 0 Å². The highest BCUT2D eigenvalue weighted by molar-refractivity contribution is 7.89. The van der Waals surface area contributed by atoms with Crippen LogP contribution in [-0.4, -0.2) is 50.3 Å². The number of nitrogen functional groups attached to an aromatic ring is 1. The Morgan fingerprint density at radius 2 is 2.05 bits per heavy atom. The molecule has 1 aliphatic heterocycles. The Kier molecular flexibility index (Phi) is 3.80. The van der Waals surface area contributed by atoms with Gasteiger partial charge in [-0.1, -0.05) is 6.07 Å². The van der Waals surface area contributed by atoms with Crippen molar-refractivity contribution in [3.05, 3.63) is 24.0 Å². The molecular formula is C12H18FN3O2S. The fourth-order valence-corrected chi connectivity index (χ4v) is 3.83. The molecule has 0 radical (unpaired) electrons. The van der Waals surface area contributed by atoms with E-state index in [0.29, 0.717) is 19.6 Å². The maximum Gasteiger partial charge on any atom is 0.248 e. The number of nitrogens with zero attached hydrogens (tertiary/aromatic N) is 2. The van der Waals surface area contributed by atoms with Crippen LogP contribution in [0.1, 0.15) is 6.92 Å². The van der Waals surface area contributed by atoms with Crippen LogP contribution in [0.5, 0.6) is 0 Å². The van der Waals surface area contributed by atoms with Gasteiger partial charge in [0.25, 0.3) is 0 Å². The SMILES string of the molecule is CC1CN(S(=O)(=O)c2c(N)cccc2F)CCN1C. The van der Waals surface area contributed by atoms with Crippen molar-refractivity contribution < 1.29 is 12.8 Å². The highest BCUT2D eigenvalue weighted by Crippen LogP contribution is 2.26. The van der Waals surface area contributed by atoms with E-state index >= 15 is 0 Å². The summed E-state index contributed by atoms with van der Waals surface area (Å²) in [6, 6.07) is 4.01. The second kappa shape index (κ2) is 5.07. The number of likely N-dealkylation sites (N-methyl/N-ethyl adjacent to an activating group) is 1. The van der Waals surface area contributed by atoms with E-state index in [4.69, 9.17) is 5.73 Å². The minimum absolute atomic E-state index is 0.0495. The second-order valence-corrected chi connectivity index (χ2v) is 6.73. The number of rotatable bonds is 2. The lowest BCUT2D eigenvalue weighted by molar-refractivity contribution is 0.159. The van der Waals surface area contributed by atoms with Gasteiger partial charge in [0.15, 0.2) is 0 Å². The molecule has 1 heterocycles. The number of sulfonamides is 1. The first-order valence-corrected chi connectivity index (χ1v) is 7.52. The summed E-state index contributed by atoms with van der Waals surface area (Å²) in [7, 11) is -1.94. The van der Waals surface area contributed by atoms with Gasteiger partial charge in [0.05, 0.1) is 5.69 Å². The third-order valence-corrected chi connectivity index (χ3v) is 5.48. The van der Waals surface area contributed by atoms with E-state index in [-0.39, 0.29) is 11.7 Å². The Morgan fingerprint density at radius 3 is 2.63 bits per heavy atom. The molecule has 2 N–H and O–H groups in total. The third-order valence-electron chi connectivity index (χ3n) is 3.52. The van der Waals surface area contributed by atoms with Crippen molar-refractivity contribution in [3.8, 4) is 0 Å². The molecule has 0 saturated carbocycles. The van der Waals surface area contributed by atoms with Crippen LogP contribution in [0.15, 0.2) is 23.1 Å². The Balaban J connectivity index is 2.38. The highest BCUT2D eigenvalue weighted by atomic mass is 32.2. The first kappa shape index (κ1) is 14.2. The molecule has 1 atom stereocenters. The topological polar surface area (TPSA) is 66.6 Å². The van der Waals surface area contributed by atoms with E-state index in [0.717, 1.165) is 6.07 Å². The average molecular weight is 287 g/mol. The van der Waals surface area contributed by atoms with Crippen molar-refractivity contribution in [2.24, 2.45) is 0 Å². The summed E-state index contributed by atoms with van der Waals surface area (Å²) in [5, 5.41) is 0. The van der Waals surface area contributed by atoms with E-state index in [1.807, 2.05) is 14.0 Å². The molecule has 0 bridgehead atoms. The lowest BCUT2D eigenvalue weighted by Crippen LogP contribution is -2.52. The zero-order valence-corrected chi connectivity index (χ0v) is 11.8. The predicted molar refractivity (Wildman–Crippen MR) is 71.7 cm³/mol. The lowest BCUT2D eigenvalue weighted by atomic mass is 10.2. The first-order valence-electron chi connectivity index (χ1n) is 6.08. The van der Waals surface area contributed by atoms with Crippen LogP contribution in [0.2, 0.25) is 0 Å². The Morgan fingerprint density at radius 1 is 1.37 bits per heavy atom. The number of hydrogen-bond donors (Lipinski definition) is 1. The summed E-state index contributed by atoms with van der Waals surface area (Å²) in [5.41, 5.74) is 5.57. The third kappa shape index (κ3) is 2.58. The van der Waals surface area contributed by atoms with Crippen LogP contribution < -0.4 is 5.73 Å². The van der Waals surface area contributed by atoms with Crippen molar-refractivity contribution in [1.82, 2.24) is 9.21 Å². The van der Waals surface area contributed by atoms with E-state index < -0.39 is 20.7 Å². The number of benzene rings is 1. The highest BCUT2D eigenvalue weighted by Gasteiger charge is 2.33. The predicted octanol–water partition coefficient (Wildman–Crippen LogP) is 0.732. The van der Waals surface area contributed by atoms with Gasteiger partial charge in [-0.25, -0.2) is 12.8 Å². The van der Waals surface area contributed by atoms with Crippen LogP contribution >= 0.6 is 0 Å². The average Bonchev–Trinajstić information content (AvgIpc) is 2.32. The van der Waals surface area contributed by atoms with Gasteiger partial charge in [-0.05, 0) is 26.1 Å². The molecular weight excluding hydrogens is 269 g/mol. The van der Waals surface area contributed by atoms with Gasteiger partial charge >= 0.3 is 0 Å². The lowest BCUT2D eigenvalue weighted by Gasteiger charge is -2.36. The van der Waals surface area contributed by atoms with Crippen LogP contribution in [0.4, 0.5) is 10.1 Å². The maximum absolute atomic E-state index is 13.8. The molecule has 0 aliphatic carbocycles. The van der Waals surface area contributed by atoms with E-state index in [1.165, 1.54) is 16.4 Å². The fourth-order valence-electron chi connectivity index (χ4n) is 2.16. The van der Waals surface area contributed by atoms with Gasteiger partial charge in [-0.2, -0.15) is 4.31 Å². The number of anilines is 1. The van der Waals surface area contributed by atoms with Gasteiger partial charge in [0, 0.05) is 25.7 Å². The minimum Gasteiger partial charge on any atom is -0.398 e. The normalized spacial score (nSPS) is 22.6. The molecule has 1 aromatic rings. The summed E-state index contributed by atoms with van der Waals surface area (Å²) in [6.07, 6.45) is 0. The molecule has 1 unspecified atom stereocenters. The van der Waals surface area contributed by atoms with E-state index in [1.54, 1.807) is 0 Å². The summed E-state index contributed by atoms with van der Waals surface area (Å²) in [4.78, 5) is 1.66. The number of nitrogens with two attached hydrogens (primary N) is 1. The maximum atomic E-state index is 13.8. The molecule has 1 aromatic carbocycles. The standard InChI is InChI=1S/C12H18FN3O2S/c1-9-8-16(7-6-15(9)2)19(17,18)12-10(13)4-3-5-11(12)14/h3-5,9H,6-8,14H2,1-2H3. The summed E-state index contributed by atoms with van der Waals surface area (Å²) in [5.74, 6) is -0.799. The second-order valence-electron chi connectivity index (χ2n) is 4.85. The molecule has 1 aliphatic rings. The molecule has 1 fully saturated rings. The van der Waals surface area contributed by atoms with Crippen molar-refractivity contribution in [2.75, 3.05) is 32.4 Å². The number of hydrogen-bond acceptors (Lipinski definition) is 4. The van der Waals surface area contributed by atoms with Crippen molar-refractivity contribution in [3.63, 3.8) is 0 Å². The monoisotopic (exact) mass is 287 g/mol. The Hall–Kier alpha value is -1.18. The smallest absolute Gasteiger partial charge is 0.248 e. The fraction of sp³-hybridized carbons (Fsp3) is 0.500. The molecule has 5 nitrogen and oxygen atoms in total. The van der Waals surface area contributed by atoms with E-state index in [9.17, 15) is 12.8 Å². The van der Waals surface area contributed by atoms with Crippen LogP contribution in [-0.2, 0) is 10.0 Å². The Labute approximate surface area is 112 Å². The molecule has 0 aromatic heterocycles. The molecule has 0 spiro atoms. The zero-order chi connectivity index (χ0) is 14.2. The van der Waals surface area contributed by atoms with Crippen molar-refractivity contribution >= 4 is 15.7 Å². The Bertz CT molecular complexity index is 556. The van der Waals surface area contributed by atoms with Crippen molar-refractivity contribution in [2.45, 2.75) is 17.9 Å².